The number of imidazole rings is 1. The molecule has 0 bridgehead atoms. The Morgan fingerprint density at radius 2 is 2.38 bits per heavy atom. The van der Waals surface area contributed by atoms with Gasteiger partial charge in [-0.05, 0) is 19.5 Å². The zero-order valence-corrected chi connectivity index (χ0v) is 14.3. The maximum atomic E-state index is 12.2. The second-order valence-electron chi connectivity index (χ2n) is 5.95. The first-order valence-corrected chi connectivity index (χ1v) is 8.23. The molecule has 24 heavy (non-hydrogen) atoms. The van der Waals surface area contributed by atoms with E-state index >= 15 is 0 Å². The molecule has 0 aromatic carbocycles. The van der Waals surface area contributed by atoms with Crippen molar-refractivity contribution in [1.82, 2.24) is 30.0 Å². The summed E-state index contributed by atoms with van der Waals surface area (Å²) in [5.41, 5.74) is 1.56. The molecule has 0 radical (unpaired) electrons. The summed E-state index contributed by atoms with van der Waals surface area (Å²) in [5, 5.41) is 7.22. The molecule has 2 atom stereocenters. The Morgan fingerprint density at radius 1 is 1.54 bits per heavy atom. The molecule has 3 heterocycles. The van der Waals surface area contributed by atoms with Crippen molar-refractivity contribution in [3.8, 4) is 0 Å². The van der Waals surface area contributed by atoms with Gasteiger partial charge in [-0.15, -0.1) is 0 Å². The van der Waals surface area contributed by atoms with Crippen LogP contribution in [0.3, 0.4) is 0 Å². The van der Waals surface area contributed by atoms with E-state index in [-0.39, 0.29) is 18.1 Å². The monoisotopic (exact) mass is 332 g/mol. The highest BCUT2D eigenvalue weighted by atomic mass is 16.5. The number of aromatic amines is 1. The van der Waals surface area contributed by atoms with E-state index in [0.717, 1.165) is 24.6 Å². The van der Waals surface area contributed by atoms with E-state index in [1.165, 1.54) is 0 Å². The van der Waals surface area contributed by atoms with Gasteiger partial charge in [0.15, 0.2) is 0 Å². The molecule has 0 aliphatic carbocycles. The number of aryl methyl sites for hydroxylation is 2. The lowest BCUT2D eigenvalue weighted by atomic mass is 10.0. The minimum absolute atomic E-state index is 0.0695. The fourth-order valence-corrected chi connectivity index (χ4v) is 3.19. The number of carbonyl (C=O) groups excluding carboxylic acids is 1. The summed E-state index contributed by atoms with van der Waals surface area (Å²) in [4.78, 5) is 21.6. The van der Waals surface area contributed by atoms with Gasteiger partial charge in [0.2, 0.25) is 0 Å². The van der Waals surface area contributed by atoms with Crippen molar-refractivity contribution in [2.75, 3.05) is 26.2 Å². The molecule has 130 valence electrons. The number of amides is 1. The first-order chi connectivity index (χ1) is 11.6. The number of hydrogen-bond acceptors (Lipinski definition) is 5. The van der Waals surface area contributed by atoms with E-state index in [1.807, 2.05) is 24.7 Å². The summed E-state index contributed by atoms with van der Waals surface area (Å²) in [7, 11) is 1.93. The van der Waals surface area contributed by atoms with E-state index in [9.17, 15) is 4.79 Å². The number of aromatic nitrogens is 4. The third kappa shape index (κ3) is 3.34. The molecule has 1 aliphatic heterocycles. The lowest BCUT2D eigenvalue weighted by Gasteiger charge is -2.40. The van der Waals surface area contributed by atoms with Crippen molar-refractivity contribution < 1.29 is 9.53 Å². The Morgan fingerprint density at radius 3 is 3.00 bits per heavy atom. The molecule has 0 unspecified atom stereocenters. The Labute approximate surface area is 141 Å². The Bertz CT molecular complexity index is 694. The van der Waals surface area contributed by atoms with Gasteiger partial charge in [-0.25, -0.2) is 4.98 Å². The van der Waals surface area contributed by atoms with Crippen molar-refractivity contribution in [3.63, 3.8) is 0 Å². The highest BCUT2D eigenvalue weighted by Crippen LogP contribution is 2.28. The van der Waals surface area contributed by atoms with Gasteiger partial charge in [0.05, 0.1) is 30.6 Å². The van der Waals surface area contributed by atoms with Gasteiger partial charge in [-0.1, -0.05) is 6.92 Å². The van der Waals surface area contributed by atoms with E-state index in [2.05, 4.69) is 32.2 Å². The normalized spacial score (nSPS) is 21.8. The van der Waals surface area contributed by atoms with Crippen molar-refractivity contribution >= 4 is 5.91 Å². The Hall–Kier alpha value is -2.19. The number of nitrogens with zero attached hydrogens (tertiary/aromatic N) is 4. The predicted octanol–water partition coefficient (Wildman–Crippen LogP) is 0.643. The molecule has 1 amide bonds. The summed E-state index contributed by atoms with van der Waals surface area (Å²) in [5.74, 6) is 0.551. The zero-order chi connectivity index (χ0) is 17.1. The van der Waals surface area contributed by atoms with Crippen LogP contribution in [-0.2, 0) is 11.8 Å². The third-order valence-electron chi connectivity index (χ3n) is 4.44. The topological polar surface area (TPSA) is 88.1 Å². The highest BCUT2D eigenvalue weighted by molar-refractivity contribution is 5.92. The van der Waals surface area contributed by atoms with Crippen LogP contribution in [0.15, 0.2) is 18.5 Å². The van der Waals surface area contributed by atoms with E-state index < -0.39 is 0 Å². The first-order valence-electron chi connectivity index (χ1n) is 8.23. The van der Waals surface area contributed by atoms with E-state index in [1.54, 1.807) is 12.4 Å². The van der Waals surface area contributed by atoms with Crippen LogP contribution in [0.5, 0.6) is 0 Å². The van der Waals surface area contributed by atoms with Crippen LogP contribution in [0, 0.1) is 6.92 Å². The zero-order valence-electron chi connectivity index (χ0n) is 14.3. The summed E-state index contributed by atoms with van der Waals surface area (Å²) >= 11 is 0. The van der Waals surface area contributed by atoms with E-state index in [0.29, 0.717) is 18.8 Å². The molecular formula is C16H24N6O2. The third-order valence-corrected chi connectivity index (χ3v) is 4.44. The molecule has 1 saturated heterocycles. The average molecular weight is 332 g/mol. The van der Waals surface area contributed by atoms with E-state index in [4.69, 9.17) is 4.74 Å². The van der Waals surface area contributed by atoms with Crippen LogP contribution in [0.4, 0.5) is 0 Å². The van der Waals surface area contributed by atoms with Crippen molar-refractivity contribution in [1.29, 1.82) is 0 Å². The summed E-state index contributed by atoms with van der Waals surface area (Å²) in [6, 6.07) is 2.08. The standard InChI is InChI=1S/C16H24N6O2/c1-4-22-7-8-24-14(15(22)13-5-6-19-21(13)3)10-18-16(23)12-9-17-11(2)20-12/h5-6,9,14-15H,4,7-8,10H2,1-3H3,(H,17,20)(H,18,23)/t14-,15-/m0/s1. The van der Waals surface area contributed by atoms with Gasteiger partial charge in [0.1, 0.15) is 11.5 Å². The highest BCUT2D eigenvalue weighted by Gasteiger charge is 2.34. The van der Waals surface area contributed by atoms with Crippen LogP contribution in [0.1, 0.15) is 35.0 Å². The van der Waals surface area contributed by atoms with Crippen LogP contribution in [0.2, 0.25) is 0 Å². The Kier molecular flexibility index (Phi) is 4.96. The number of morpholine rings is 1. The average Bonchev–Trinajstić information content (AvgIpc) is 3.20. The number of H-pyrrole nitrogens is 1. The fourth-order valence-electron chi connectivity index (χ4n) is 3.19. The van der Waals surface area contributed by atoms with Gasteiger partial charge >= 0.3 is 0 Å². The van der Waals surface area contributed by atoms with Crippen molar-refractivity contribution in [2.45, 2.75) is 26.0 Å². The van der Waals surface area contributed by atoms with Crippen LogP contribution in [-0.4, -0.2) is 62.9 Å². The number of hydrogen-bond donors (Lipinski definition) is 2. The molecule has 0 saturated carbocycles. The molecule has 0 spiro atoms. The number of rotatable bonds is 5. The van der Waals surface area contributed by atoms with Gasteiger partial charge < -0.3 is 15.0 Å². The molecule has 2 aromatic rings. The maximum Gasteiger partial charge on any atom is 0.269 e. The molecule has 8 heteroatoms. The summed E-state index contributed by atoms with van der Waals surface area (Å²) in [6.45, 7) is 6.84. The molecule has 2 aromatic heterocycles. The molecule has 1 aliphatic rings. The van der Waals surface area contributed by atoms with Gasteiger partial charge in [0.25, 0.3) is 5.91 Å². The largest absolute Gasteiger partial charge is 0.373 e. The van der Waals surface area contributed by atoms with Gasteiger partial charge in [-0.3, -0.25) is 14.4 Å². The first kappa shape index (κ1) is 16.7. The van der Waals surface area contributed by atoms with Gasteiger partial charge in [-0.2, -0.15) is 5.10 Å². The van der Waals surface area contributed by atoms with Crippen molar-refractivity contribution in [3.05, 3.63) is 35.7 Å². The van der Waals surface area contributed by atoms with Gasteiger partial charge in [0, 0.05) is 26.3 Å². The SMILES string of the molecule is CCN1CCO[C@@H](CNC(=O)c2cnc(C)[nH]2)[C@@H]1c1ccnn1C. The molecule has 1 fully saturated rings. The quantitative estimate of drug-likeness (QED) is 0.839. The number of carbonyl (C=O) groups is 1. The maximum absolute atomic E-state index is 12.2. The van der Waals surface area contributed by atoms with Crippen LogP contribution >= 0.6 is 0 Å². The summed E-state index contributed by atoms with van der Waals surface area (Å²) in [6.07, 6.45) is 3.21. The predicted molar refractivity (Wildman–Crippen MR) is 88.6 cm³/mol. The second-order valence-corrected chi connectivity index (χ2v) is 5.95. The molecule has 8 nitrogen and oxygen atoms in total. The summed E-state index contributed by atoms with van der Waals surface area (Å²) < 4.78 is 7.84. The Balaban J connectivity index is 1.72. The number of likely N-dealkylation sites (N-methyl/N-ethyl adjacent to an activating group) is 1. The fraction of sp³-hybridized carbons (Fsp3) is 0.562. The van der Waals surface area contributed by atoms with Crippen molar-refractivity contribution in [2.24, 2.45) is 7.05 Å². The van der Waals surface area contributed by atoms with Crippen LogP contribution in [0.25, 0.3) is 0 Å². The van der Waals surface area contributed by atoms with Crippen LogP contribution < -0.4 is 5.32 Å². The lowest BCUT2D eigenvalue weighted by molar-refractivity contribution is -0.0709. The minimum Gasteiger partial charge on any atom is -0.373 e. The number of nitrogens with one attached hydrogen (secondary N) is 2. The molecule has 2 N–H and O–H groups in total. The second kappa shape index (κ2) is 7.14. The smallest absolute Gasteiger partial charge is 0.269 e. The minimum atomic E-state index is -0.170. The number of ether oxygens (including phenoxy) is 1. The molecular weight excluding hydrogens is 308 g/mol. The molecule has 3 rings (SSSR count). The lowest BCUT2D eigenvalue weighted by Crippen LogP contribution is -2.50.